The monoisotopic (exact) mass is 265 g/mol. The number of amides is 1. The SMILES string of the molecule is O=C1CNCCN1CC1=Nc2ccc(F)c(F)c2C1. The molecule has 1 aromatic carbocycles. The molecule has 0 aliphatic carbocycles. The molecular formula is C13H13F2N3O. The lowest BCUT2D eigenvalue weighted by Gasteiger charge is -2.27. The molecule has 2 aliphatic rings. The molecule has 0 radical (unpaired) electrons. The van der Waals surface area contributed by atoms with Crippen LogP contribution in [0.15, 0.2) is 17.1 Å². The minimum atomic E-state index is -0.853. The van der Waals surface area contributed by atoms with Gasteiger partial charge in [0.05, 0.1) is 18.8 Å². The van der Waals surface area contributed by atoms with E-state index in [-0.39, 0.29) is 17.9 Å². The van der Waals surface area contributed by atoms with Gasteiger partial charge in [0.25, 0.3) is 0 Å². The lowest BCUT2D eigenvalue weighted by atomic mass is 10.1. The number of nitrogens with zero attached hydrogens (tertiary/aromatic N) is 2. The molecule has 3 rings (SSSR count). The van der Waals surface area contributed by atoms with Crippen molar-refractivity contribution in [3.05, 3.63) is 29.3 Å². The van der Waals surface area contributed by atoms with Crippen LogP contribution in [0.25, 0.3) is 0 Å². The fourth-order valence-corrected chi connectivity index (χ4v) is 2.39. The van der Waals surface area contributed by atoms with E-state index in [1.54, 1.807) is 4.90 Å². The van der Waals surface area contributed by atoms with E-state index in [4.69, 9.17) is 0 Å². The van der Waals surface area contributed by atoms with Gasteiger partial charge in [-0.15, -0.1) is 0 Å². The van der Waals surface area contributed by atoms with E-state index in [9.17, 15) is 13.6 Å². The molecule has 0 spiro atoms. The fraction of sp³-hybridized carbons (Fsp3) is 0.385. The van der Waals surface area contributed by atoms with Crippen molar-refractivity contribution in [2.75, 3.05) is 26.2 Å². The van der Waals surface area contributed by atoms with Crippen molar-refractivity contribution >= 4 is 17.3 Å². The van der Waals surface area contributed by atoms with Gasteiger partial charge in [-0.3, -0.25) is 9.79 Å². The highest BCUT2D eigenvalue weighted by molar-refractivity contribution is 5.97. The average molecular weight is 265 g/mol. The third-order valence-electron chi connectivity index (χ3n) is 3.39. The summed E-state index contributed by atoms with van der Waals surface area (Å²) >= 11 is 0. The third-order valence-corrected chi connectivity index (χ3v) is 3.39. The van der Waals surface area contributed by atoms with Crippen molar-refractivity contribution in [1.82, 2.24) is 10.2 Å². The Morgan fingerprint density at radius 3 is 3.00 bits per heavy atom. The summed E-state index contributed by atoms with van der Waals surface area (Å²) in [6, 6.07) is 2.55. The van der Waals surface area contributed by atoms with Crippen LogP contribution in [0, 0.1) is 11.6 Å². The predicted octanol–water partition coefficient (Wildman–Crippen LogP) is 1.03. The van der Waals surface area contributed by atoms with Crippen LogP contribution in [0.5, 0.6) is 0 Å². The summed E-state index contributed by atoms with van der Waals surface area (Å²) in [6.45, 7) is 2.07. The highest BCUT2D eigenvalue weighted by atomic mass is 19.2. The molecule has 1 saturated heterocycles. The van der Waals surface area contributed by atoms with Crippen LogP contribution < -0.4 is 5.32 Å². The van der Waals surface area contributed by atoms with Crippen LogP contribution in [-0.2, 0) is 11.2 Å². The average Bonchev–Trinajstić information content (AvgIpc) is 2.80. The number of halogens is 2. The quantitative estimate of drug-likeness (QED) is 0.868. The first-order chi connectivity index (χ1) is 9.15. The maximum Gasteiger partial charge on any atom is 0.236 e. The van der Waals surface area contributed by atoms with Gasteiger partial charge in [-0.05, 0) is 12.1 Å². The molecule has 2 heterocycles. The van der Waals surface area contributed by atoms with Crippen LogP contribution in [0.4, 0.5) is 14.5 Å². The third kappa shape index (κ3) is 2.23. The molecule has 0 bridgehead atoms. The van der Waals surface area contributed by atoms with Gasteiger partial charge in [0.2, 0.25) is 5.91 Å². The number of fused-ring (bicyclic) bond motifs is 1. The van der Waals surface area contributed by atoms with Gasteiger partial charge in [0.1, 0.15) is 0 Å². The van der Waals surface area contributed by atoms with Crippen LogP contribution in [0.3, 0.4) is 0 Å². The van der Waals surface area contributed by atoms with Crippen molar-refractivity contribution in [3.8, 4) is 0 Å². The zero-order valence-electron chi connectivity index (χ0n) is 10.2. The van der Waals surface area contributed by atoms with E-state index in [0.29, 0.717) is 31.0 Å². The maximum atomic E-state index is 13.6. The van der Waals surface area contributed by atoms with Gasteiger partial charge in [0, 0.05) is 30.8 Å². The van der Waals surface area contributed by atoms with E-state index >= 15 is 0 Å². The summed E-state index contributed by atoms with van der Waals surface area (Å²) in [7, 11) is 0. The minimum Gasteiger partial charge on any atom is -0.335 e. The molecule has 100 valence electrons. The first-order valence-electron chi connectivity index (χ1n) is 6.17. The second-order valence-corrected chi connectivity index (χ2v) is 4.71. The van der Waals surface area contributed by atoms with Crippen molar-refractivity contribution in [2.45, 2.75) is 6.42 Å². The molecule has 4 nitrogen and oxygen atoms in total. The number of hydrogen-bond donors (Lipinski definition) is 1. The zero-order valence-corrected chi connectivity index (χ0v) is 10.2. The first kappa shape index (κ1) is 12.2. The largest absolute Gasteiger partial charge is 0.335 e. The molecule has 1 N–H and O–H groups in total. The van der Waals surface area contributed by atoms with Crippen molar-refractivity contribution in [3.63, 3.8) is 0 Å². The normalized spacial score (nSPS) is 18.5. The Morgan fingerprint density at radius 2 is 2.21 bits per heavy atom. The van der Waals surface area contributed by atoms with E-state index in [2.05, 4.69) is 10.3 Å². The molecule has 1 fully saturated rings. The summed E-state index contributed by atoms with van der Waals surface area (Å²) in [5.74, 6) is -1.67. The first-order valence-corrected chi connectivity index (χ1v) is 6.17. The highest BCUT2D eigenvalue weighted by Crippen LogP contribution is 2.30. The molecule has 6 heteroatoms. The highest BCUT2D eigenvalue weighted by Gasteiger charge is 2.25. The van der Waals surface area contributed by atoms with Crippen molar-refractivity contribution < 1.29 is 13.6 Å². The second kappa shape index (κ2) is 4.70. The minimum absolute atomic E-state index is 0.0107. The number of carbonyl (C=O) groups excluding carboxylic acids is 1. The van der Waals surface area contributed by atoms with Gasteiger partial charge < -0.3 is 10.2 Å². The molecule has 0 saturated carbocycles. The number of piperazine rings is 1. The van der Waals surface area contributed by atoms with Crippen LogP contribution >= 0.6 is 0 Å². The Labute approximate surface area is 109 Å². The predicted molar refractivity (Wildman–Crippen MR) is 66.6 cm³/mol. The Morgan fingerprint density at radius 1 is 1.37 bits per heavy atom. The number of benzene rings is 1. The second-order valence-electron chi connectivity index (χ2n) is 4.71. The van der Waals surface area contributed by atoms with E-state index < -0.39 is 11.6 Å². The topological polar surface area (TPSA) is 44.7 Å². The number of aliphatic imine (C=N–C) groups is 1. The fourth-order valence-electron chi connectivity index (χ4n) is 2.39. The Balaban J connectivity index is 1.76. The van der Waals surface area contributed by atoms with Gasteiger partial charge >= 0.3 is 0 Å². The van der Waals surface area contributed by atoms with Gasteiger partial charge in [-0.1, -0.05) is 0 Å². The summed E-state index contributed by atoms with van der Waals surface area (Å²) in [4.78, 5) is 17.6. The maximum absolute atomic E-state index is 13.6. The van der Waals surface area contributed by atoms with E-state index in [1.807, 2.05) is 0 Å². The van der Waals surface area contributed by atoms with Gasteiger partial charge in [-0.25, -0.2) is 8.78 Å². The lowest BCUT2D eigenvalue weighted by Crippen LogP contribution is -2.49. The Bertz CT molecular complexity index is 571. The van der Waals surface area contributed by atoms with Gasteiger partial charge in [0.15, 0.2) is 11.6 Å². The zero-order chi connectivity index (χ0) is 13.4. The molecule has 1 aromatic rings. The molecular weight excluding hydrogens is 252 g/mol. The van der Waals surface area contributed by atoms with Crippen molar-refractivity contribution in [2.24, 2.45) is 4.99 Å². The number of carbonyl (C=O) groups is 1. The Kier molecular flexibility index (Phi) is 3.02. The molecule has 2 aliphatic heterocycles. The summed E-state index contributed by atoms with van der Waals surface area (Å²) in [5, 5.41) is 2.98. The van der Waals surface area contributed by atoms with E-state index in [1.165, 1.54) is 6.07 Å². The molecule has 0 aromatic heterocycles. The molecule has 19 heavy (non-hydrogen) atoms. The lowest BCUT2D eigenvalue weighted by molar-refractivity contribution is -0.131. The van der Waals surface area contributed by atoms with E-state index in [0.717, 1.165) is 12.6 Å². The summed E-state index contributed by atoms with van der Waals surface area (Å²) < 4.78 is 26.7. The number of hydrogen-bond acceptors (Lipinski definition) is 3. The standard InChI is InChI=1S/C13H13F2N3O/c14-10-1-2-11-9(13(10)15)5-8(17-11)7-18-4-3-16-6-12(18)19/h1-2,16H,3-7H2. The smallest absolute Gasteiger partial charge is 0.236 e. The summed E-state index contributed by atoms with van der Waals surface area (Å²) in [5.41, 5.74) is 1.46. The van der Waals surface area contributed by atoms with Crippen LogP contribution in [-0.4, -0.2) is 42.7 Å². The van der Waals surface area contributed by atoms with Crippen LogP contribution in [0.2, 0.25) is 0 Å². The molecule has 0 atom stereocenters. The summed E-state index contributed by atoms with van der Waals surface area (Å²) in [6.07, 6.45) is 0.274. The Hall–Kier alpha value is -1.82. The molecule has 0 unspecified atom stereocenters. The molecule has 1 amide bonds. The van der Waals surface area contributed by atoms with Crippen molar-refractivity contribution in [1.29, 1.82) is 0 Å². The number of rotatable bonds is 2. The van der Waals surface area contributed by atoms with Crippen LogP contribution in [0.1, 0.15) is 5.56 Å². The number of nitrogens with one attached hydrogen (secondary N) is 1. The van der Waals surface area contributed by atoms with Gasteiger partial charge in [-0.2, -0.15) is 0 Å².